The average molecular weight is 301 g/mol. The third-order valence-corrected chi connectivity index (χ3v) is 5.29. The number of sulfonamides is 1. The standard InChI is InChI=1S/C12H15NO4S2/c1-8-3-4-10(17-8)6-13-19(15,16)12-5-11(7-14)18-9(12)2/h3-5,13-14H,6-7H2,1-2H3. The Bertz CT molecular complexity index is 670. The van der Waals surface area contributed by atoms with E-state index in [0.29, 0.717) is 15.5 Å². The smallest absolute Gasteiger partial charge is 0.242 e. The second-order valence-electron chi connectivity index (χ2n) is 4.13. The van der Waals surface area contributed by atoms with E-state index in [-0.39, 0.29) is 18.0 Å². The van der Waals surface area contributed by atoms with Crippen molar-refractivity contribution in [1.29, 1.82) is 0 Å². The van der Waals surface area contributed by atoms with Crippen molar-refractivity contribution in [1.82, 2.24) is 4.72 Å². The highest BCUT2D eigenvalue weighted by Gasteiger charge is 2.19. The number of furan rings is 1. The van der Waals surface area contributed by atoms with Crippen molar-refractivity contribution < 1.29 is 17.9 Å². The number of rotatable bonds is 5. The summed E-state index contributed by atoms with van der Waals surface area (Å²) < 4.78 is 32.1. The lowest BCUT2D eigenvalue weighted by molar-refractivity contribution is 0.285. The fourth-order valence-electron chi connectivity index (χ4n) is 1.69. The summed E-state index contributed by atoms with van der Waals surface area (Å²) in [5.41, 5.74) is 0. The zero-order chi connectivity index (χ0) is 14.0. The van der Waals surface area contributed by atoms with Gasteiger partial charge in [0.05, 0.1) is 18.0 Å². The van der Waals surface area contributed by atoms with Gasteiger partial charge in [-0.3, -0.25) is 0 Å². The summed E-state index contributed by atoms with van der Waals surface area (Å²) >= 11 is 1.27. The minimum atomic E-state index is -3.58. The van der Waals surface area contributed by atoms with Crippen molar-refractivity contribution in [2.75, 3.05) is 0 Å². The SMILES string of the molecule is Cc1ccc(CNS(=O)(=O)c2cc(CO)sc2C)o1. The maximum absolute atomic E-state index is 12.1. The van der Waals surface area contributed by atoms with E-state index in [4.69, 9.17) is 9.52 Å². The molecule has 0 unspecified atom stereocenters. The normalized spacial score (nSPS) is 11.9. The molecule has 0 saturated heterocycles. The van der Waals surface area contributed by atoms with Gasteiger partial charge in [0.1, 0.15) is 11.5 Å². The van der Waals surface area contributed by atoms with Gasteiger partial charge >= 0.3 is 0 Å². The monoisotopic (exact) mass is 301 g/mol. The Morgan fingerprint density at radius 3 is 2.63 bits per heavy atom. The first-order valence-corrected chi connectivity index (χ1v) is 7.97. The van der Waals surface area contributed by atoms with Crippen LogP contribution in [-0.2, 0) is 23.2 Å². The van der Waals surface area contributed by atoms with Crippen LogP contribution in [-0.4, -0.2) is 13.5 Å². The van der Waals surface area contributed by atoms with Gasteiger partial charge in [0.25, 0.3) is 0 Å². The number of hydrogen-bond acceptors (Lipinski definition) is 5. The highest BCUT2D eigenvalue weighted by atomic mass is 32.2. The van der Waals surface area contributed by atoms with E-state index in [0.717, 1.165) is 5.76 Å². The van der Waals surface area contributed by atoms with Crippen LogP contribution in [0.4, 0.5) is 0 Å². The highest BCUT2D eigenvalue weighted by molar-refractivity contribution is 7.89. The molecule has 104 valence electrons. The first-order valence-electron chi connectivity index (χ1n) is 5.67. The molecule has 19 heavy (non-hydrogen) atoms. The van der Waals surface area contributed by atoms with Crippen molar-refractivity contribution in [3.8, 4) is 0 Å². The molecule has 2 aromatic heterocycles. The summed E-state index contributed by atoms with van der Waals surface area (Å²) in [4.78, 5) is 1.50. The molecular weight excluding hydrogens is 286 g/mol. The Kier molecular flexibility index (Phi) is 4.10. The summed E-state index contributed by atoms with van der Waals surface area (Å²) in [5.74, 6) is 1.31. The van der Waals surface area contributed by atoms with E-state index >= 15 is 0 Å². The fourth-order valence-corrected chi connectivity index (χ4v) is 4.18. The third-order valence-electron chi connectivity index (χ3n) is 2.60. The molecule has 0 spiro atoms. The van der Waals surface area contributed by atoms with Crippen LogP contribution in [0.15, 0.2) is 27.5 Å². The van der Waals surface area contributed by atoms with E-state index < -0.39 is 10.0 Å². The number of aliphatic hydroxyl groups is 1. The second-order valence-corrected chi connectivity index (χ2v) is 7.20. The molecular formula is C12H15NO4S2. The number of thiophene rings is 1. The first-order chi connectivity index (χ1) is 8.92. The number of nitrogens with one attached hydrogen (secondary N) is 1. The van der Waals surface area contributed by atoms with Crippen LogP contribution < -0.4 is 4.72 Å². The molecule has 0 aliphatic heterocycles. The molecule has 0 saturated carbocycles. The Balaban J connectivity index is 2.15. The summed E-state index contributed by atoms with van der Waals surface area (Å²) in [5, 5.41) is 9.03. The predicted molar refractivity (Wildman–Crippen MR) is 72.4 cm³/mol. The van der Waals surface area contributed by atoms with Gasteiger partial charge in [-0.15, -0.1) is 11.3 Å². The highest BCUT2D eigenvalue weighted by Crippen LogP contribution is 2.25. The molecule has 0 amide bonds. The van der Waals surface area contributed by atoms with Crippen molar-refractivity contribution in [3.63, 3.8) is 0 Å². The lowest BCUT2D eigenvalue weighted by atomic mass is 10.4. The van der Waals surface area contributed by atoms with E-state index in [1.54, 1.807) is 26.0 Å². The van der Waals surface area contributed by atoms with Crippen molar-refractivity contribution in [2.24, 2.45) is 0 Å². The molecule has 0 bridgehead atoms. The number of aryl methyl sites for hydroxylation is 2. The van der Waals surface area contributed by atoms with Crippen LogP contribution in [0.3, 0.4) is 0 Å². The lowest BCUT2D eigenvalue weighted by Crippen LogP contribution is -2.23. The number of aliphatic hydroxyl groups excluding tert-OH is 1. The zero-order valence-electron chi connectivity index (χ0n) is 10.6. The van der Waals surface area contributed by atoms with E-state index in [1.165, 1.54) is 17.4 Å². The molecule has 0 fully saturated rings. The van der Waals surface area contributed by atoms with Crippen molar-refractivity contribution in [3.05, 3.63) is 39.5 Å². The molecule has 0 radical (unpaired) electrons. The predicted octanol–water partition coefficient (Wildman–Crippen LogP) is 1.93. The van der Waals surface area contributed by atoms with Gasteiger partial charge in [-0.05, 0) is 32.0 Å². The Morgan fingerprint density at radius 1 is 1.37 bits per heavy atom. The van der Waals surface area contributed by atoms with Crippen LogP contribution in [0.1, 0.15) is 21.3 Å². The lowest BCUT2D eigenvalue weighted by Gasteiger charge is -2.04. The maximum Gasteiger partial charge on any atom is 0.242 e. The van der Waals surface area contributed by atoms with Gasteiger partial charge in [-0.1, -0.05) is 0 Å². The summed E-state index contributed by atoms with van der Waals surface area (Å²) in [6.07, 6.45) is 0. The van der Waals surface area contributed by atoms with Gasteiger partial charge in [0.15, 0.2) is 0 Å². The van der Waals surface area contributed by atoms with Crippen LogP contribution in [0, 0.1) is 13.8 Å². The van der Waals surface area contributed by atoms with Crippen LogP contribution in [0.5, 0.6) is 0 Å². The third kappa shape index (κ3) is 3.24. The average Bonchev–Trinajstić information content (AvgIpc) is 2.93. The minimum absolute atomic E-state index is 0.111. The quantitative estimate of drug-likeness (QED) is 0.884. The molecule has 0 aromatic carbocycles. The topological polar surface area (TPSA) is 79.5 Å². The van der Waals surface area contributed by atoms with E-state index in [2.05, 4.69) is 4.72 Å². The molecule has 5 nitrogen and oxygen atoms in total. The molecule has 2 aromatic rings. The van der Waals surface area contributed by atoms with Gasteiger partial charge in [0, 0.05) is 9.75 Å². The Labute approximate surface area is 115 Å². The van der Waals surface area contributed by atoms with Gasteiger partial charge < -0.3 is 9.52 Å². The fraction of sp³-hybridized carbons (Fsp3) is 0.333. The molecule has 0 aliphatic rings. The zero-order valence-corrected chi connectivity index (χ0v) is 12.3. The molecule has 2 rings (SSSR count). The second kappa shape index (κ2) is 5.46. The molecule has 7 heteroatoms. The van der Waals surface area contributed by atoms with Crippen LogP contribution >= 0.6 is 11.3 Å². The molecule has 0 atom stereocenters. The van der Waals surface area contributed by atoms with Crippen molar-refractivity contribution in [2.45, 2.75) is 31.9 Å². The molecule has 2 N–H and O–H groups in total. The largest absolute Gasteiger partial charge is 0.465 e. The van der Waals surface area contributed by atoms with Crippen LogP contribution in [0.25, 0.3) is 0 Å². The first kappa shape index (κ1) is 14.3. The summed E-state index contributed by atoms with van der Waals surface area (Å²) in [7, 11) is -3.58. The number of hydrogen-bond donors (Lipinski definition) is 2. The van der Waals surface area contributed by atoms with Gasteiger partial charge in [0.2, 0.25) is 10.0 Å². The molecule has 0 aliphatic carbocycles. The van der Waals surface area contributed by atoms with E-state index in [1.807, 2.05) is 0 Å². The summed E-state index contributed by atoms with van der Waals surface area (Å²) in [6.45, 7) is 3.47. The maximum atomic E-state index is 12.1. The minimum Gasteiger partial charge on any atom is -0.465 e. The molecule has 2 heterocycles. The van der Waals surface area contributed by atoms with Crippen LogP contribution in [0.2, 0.25) is 0 Å². The summed E-state index contributed by atoms with van der Waals surface area (Å²) in [6, 6.07) is 5.01. The Morgan fingerprint density at radius 2 is 2.11 bits per heavy atom. The van der Waals surface area contributed by atoms with Crippen molar-refractivity contribution >= 4 is 21.4 Å². The van der Waals surface area contributed by atoms with Gasteiger partial charge in [-0.2, -0.15) is 0 Å². The Hall–Kier alpha value is -1.15. The van der Waals surface area contributed by atoms with Gasteiger partial charge in [-0.25, -0.2) is 13.1 Å². The van der Waals surface area contributed by atoms with E-state index in [9.17, 15) is 8.42 Å².